The number of ether oxygens (including phenoxy) is 3. The minimum absolute atomic E-state index is 0.0705. The van der Waals surface area contributed by atoms with Gasteiger partial charge < -0.3 is 14.2 Å². The SMILES string of the molecule is CCCCC/C=C\C/C=C\CCCCCCCC(=O)OCC(COC(=O)CCCCCCCCCCCCCCCCC)OC(=O)CCCCCCCCCCCCCCC. The normalized spacial score (nSPS) is 12.1. The van der Waals surface area contributed by atoms with Gasteiger partial charge in [0, 0.05) is 19.3 Å². The molecular formula is C55H102O6. The molecule has 0 radical (unpaired) electrons. The standard InChI is InChI=1S/C55H102O6/c1-4-7-10-13-16-19-22-25-27-30-32-35-38-41-44-47-53(56)59-50-52(61-55(58)49-46-43-40-37-34-29-24-21-18-15-12-9-6-3)51-60-54(57)48-45-42-39-36-33-31-28-26-23-20-17-14-11-8-5-2/h16,19,25,27,52H,4-15,17-18,20-24,26,28-51H2,1-3H3/b19-16-,27-25-. The van der Waals surface area contributed by atoms with Crippen molar-refractivity contribution in [2.45, 2.75) is 297 Å². The number of carbonyl (C=O) groups is 3. The van der Waals surface area contributed by atoms with E-state index in [4.69, 9.17) is 14.2 Å². The van der Waals surface area contributed by atoms with Gasteiger partial charge in [-0.2, -0.15) is 0 Å². The van der Waals surface area contributed by atoms with Gasteiger partial charge in [-0.05, 0) is 51.4 Å². The molecule has 1 atom stereocenters. The fraction of sp³-hybridized carbons (Fsp3) is 0.873. The summed E-state index contributed by atoms with van der Waals surface area (Å²) >= 11 is 0. The van der Waals surface area contributed by atoms with Crippen molar-refractivity contribution in [3.8, 4) is 0 Å². The fourth-order valence-electron chi connectivity index (χ4n) is 7.89. The Kier molecular flexibility index (Phi) is 48.8. The minimum Gasteiger partial charge on any atom is -0.462 e. The highest BCUT2D eigenvalue weighted by molar-refractivity contribution is 5.71. The second-order valence-corrected chi connectivity index (χ2v) is 18.2. The first-order valence-corrected chi connectivity index (χ1v) is 26.8. The fourth-order valence-corrected chi connectivity index (χ4v) is 7.89. The monoisotopic (exact) mass is 859 g/mol. The summed E-state index contributed by atoms with van der Waals surface area (Å²) in [5.74, 6) is -0.868. The smallest absolute Gasteiger partial charge is 0.306 e. The number of rotatable bonds is 49. The van der Waals surface area contributed by atoms with Gasteiger partial charge in [-0.1, -0.05) is 244 Å². The minimum atomic E-state index is -0.770. The summed E-state index contributed by atoms with van der Waals surface area (Å²) in [6.45, 7) is 6.63. The van der Waals surface area contributed by atoms with E-state index in [0.29, 0.717) is 19.3 Å². The first-order valence-electron chi connectivity index (χ1n) is 26.8. The Bertz CT molecular complexity index is 989. The summed E-state index contributed by atoms with van der Waals surface area (Å²) in [5.41, 5.74) is 0. The zero-order valence-corrected chi connectivity index (χ0v) is 40.9. The molecule has 0 aromatic carbocycles. The molecule has 0 spiro atoms. The number of hydrogen-bond donors (Lipinski definition) is 0. The topological polar surface area (TPSA) is 78.9 Å². The number of hydrogen-bond acceptors (Lipinski definition) is 6. The summed E-state index contributed by atoms with van der Waals surface area (Å²) in [6, 6.07) is 0. The summed E-state index contributed by atoms with van der Waals surface area (Å²) in [6.07, 6.45) is 57.3. The van der Waals surface area contributed by atoms with Crippen molar-refractivity contribution in [2.75, 3.05) is 13.2 Å². The quantitative estimate of drug-likeness (QED) is 0.0262. The van der Waals surface area contributed by atoms with E-state index in [1.54, 1.807) is 0 Å². The predicted octanol–water partition coefficient (Wildman–Crippen LogP) is 17.5. The predicted molar refractivity (Wildman–Crippen MR) is 261 cm³/mol. The molecule has 61 heavy (non-hydrogen) atoms. The Balaban J connectivity index is 4.35. The number of unbranched alkanes of at least 4 members (excludes halogenated alkanes) is 34. The second-order valence-electron chi connectivity index (χ2n) is 18.2. The highest BCUT2D eigenvalue weighted by Gasteiger charge is 2.19. The molecule has 0 bridgehead atoms. The van der Waals surface area contributed by atoms with Crippen LogP contribution in [0.1, 0.15) is 290 Å². The van der Waals surface area contributed by atoms with E-state index in [1.807, 2.05) is 0 Å². The Morgan fingerprint density at radius 1 is 0.328 bits per heavy atom. The van der Waals surface area contributed by atoms with Gasteiger partial charge in [0.05, 0.1) is 0 Å². The van der Waals surface area contributed by atoms with Gasteiger partial charge >= 0.3 is 17.9 Å². The molecule has 358 valence electrons. The van der Waals surface area contributed by atoms with Crippen molar-refractivity contribution >= 4 is 17.9 Å². The summed E-state index contributed by atoms with van der Waals surface area (Å²) in [5, 5.41) is 0. The van der Waals surface area contributed by atoms with Crippen molar-refractivity contribution in [1.29, 1.82) is 0 Å². The molecule has 0 saturated heterocycles. The van der Waals surface area contributed by atoms with Gasteiger partial charge in [0.1, 0.15) is 13.2 Å². The number of allylic oxidation sites excluding steroid dienone is 4. The van der Waals surface area contributed by atoms with Crippen molar-refractivity contribution in [3.63, 3.8) is 0 Å². The molecule has 0 aromatic rings. The molecular weight excluding hydrogens is 757 g/mol. The van der Waals surface area contributed by atoms with Crippen molar-refractivity contribution in [3.05, 3.63) is 24.3 Å². The number of carbonyl (C=O) groups excluding carboxylic acids is 3. The van der Waals surface area contributed by atoms with Crippen LogP contribution in [0.25, 0.3) is 0 Å². The lowest BCUT2D eigenvalue weighted by atomic mass is 10.0. The van der Waals surface area contributed by atoms with E-state index in [2.05, 4.69) is 45.1 Å². The van der Waals surface area contributed by atoms with Gasteiger partial charge in [0.15, 0.2) is 6.10 Å². The van der Waals surface area contributed by atoms with E-state index in [-0.39, 0.29) is 31.1 Å². The first-order chi connectivity index (χ1) is 30.0. The van der Waals surface area contributed by atoms with Crippen LogP contribution in [0, 0.1) is 0 Å². The van der Waals surface area contributed by atoms with Crippen molar-refractivity contribution < 1.29 is 28.6 Å². The van der Waals surface area contributed by atoms with Crippen LogP contribution in [0.5, 0.6) is 0 Å². The molecule has 0 aromatic heterocycles. The van der Waals surface area contributed by atoms with Crippen LogP contribution in [-0.2, 0) is 28.6 Å². The van der Waals surface area contributed by atoms with Crippen molar-refractivity contribution in [1.82, 2.24) is 0 Å². The summed E-state index contributed by atoms with van der Waals surface area (Å²) in [7, 11) is 0. The third-order valence-electron chi connectivity index (χ3n) is 12.0. The maximum absolute atomic E-state index is 12.8. The van der Waals surface area contributed by atoms with Crippen LogP contribution in [0.4, 0.5) is 0 Å². The molecule has 6 heteroatoms. The molecule has 0 aliphatic heterocycles. The van der Waals surface area contributed by atoms with Crippen LogP contribution in [0.2, 0.25) is 0 Å². The molecule has 0 rings (SSSR count). The van der Waals surface area contributed by atoms with Crippen LogP contribution in [-0.4, -0.2) is 37.2 Å². The largest absolute Gasteiger partial charge is 0.462 e. The third kappa shape index (κ3) is 48.8. The lowest BCUT2D eigenvalue weighted by Gasteiger charge is -2.18. The summed E-state index contributed by atoms with van der Waals surface area (Å²) in [4.78, 5) is 38.0. The zero-order chi connectivity index (χ0) is 44.4. The molecule has 0 aliphatic rings. The maximum Gasteiger partial charge on any atom is 0.306 e. The molecule has 0 aliphatic carbocycles. The van der Waals surface area contributed by atoms with Gasteiger partial charge in [0.2, 0.25) is 0 Å². The highest BCUT2D eigenvalue weighted by atomic mass is 16.6. The van der Waals surface area contributed by atoms with Crippen LogP contribution in [0.3, 0.4) is 0 Å². The third-order valence-corrected chi connectivity index (χ3v) is 12.0. The first kappa shape index (κ1) is 58.9. The number of esters is 3. The molecule has 6 nitrogen and oxygen atoms in total. The lowest BCUT2D eigenvalue weighted by Crippen LogP contribution is -2.30. The molecule has 1 unspecified atom stereocenters. The van der Waals surface area contributed by atoms with Gasteiger partial charge in [-0.25, -0.2) is 0 Å². The van der Waals surface area contributed by atoms with Gasteiger partial charge in [0.25, 0.3) is 0 Å². The van der Waals surface area contributed by atoms with Gasteiger partial charge in [-0.3, -0.25) is 14.4 Å². The maximum atomic E-state index is 12.8. The van der Waals surface area contributed by atoms with Crippen LogP contribution in [0.15, 0.2) is 24.3 Å². The molecule has 0 heterocycles. The molecule has 0 fully saturated rings. The average molecular weight is 859 g/mol. The molecule has 0 N–H and O–H groups in total. The Morgan fingerprint density at radius 3 is 0.934 bits per heavy atom. The lowest BCUT2D eigenvalue weighted by molar-refractivity contribution is -0.167. The van der Waals surface area contributed by atoms with E-state index in [0.717, 1.165) is 77.0 Å². The van der Waals surface area contributed by atoms with Crippen LogP contribution >= 0.6 is 0 Å². The Labute approximate surface area is 379 Å². The van der Waals surface area contributed by atoms with Crippen LogP contribution < -0.4 is 0 Å². The Morgan fingerprint density at radius 2 is 0.590 bits per heavy atom. The average Bonchev–Trinajstić information content (AvgIpc) is 3.26. The second kappa shape index (κ2) is 50.5. The van der Waals surface area contributed by atoms with E-state index < -0.39 is 6.10 Å². The Hall–Kier alpha value is -2.11. The zero-order valence-electron chi connectivity index (χ0n) is 40.9. The highest BCUT2D eigenvalue weighted by Crippen LogP contribution is 2.16. The van der Waals surface area contributed by atoms with Gasteiger partial charge in [-0.15, -0.1) is 0 Å². The van der Waals surface area contributed by atoms with E-state index >= 15 is 0 Å². The summed E-state index contributed by atoms with van der Waals surface area (Å²) < 4.78 is 16.8. The van der Waals surface area contributed by atoms with Crippen molar-refractivity contribution in [2.24, 2.45) is 0 Å². The molecule has 0 amide bonds. The van der Waals surface area contributed by atoms with E-state index in [1.165, 1.54) is 173 Å². The molecule has 0 saturated carbocycles. The van der Waals surface area contributed by atoms with E-state index in [9.17, 15) is 14.4 Å².